The molecule has 12 heteroatoms. The van der Waals surface area contributed by atoms with Gasteiger partial charge < -0.3 is 25.4 Å². The van der Waals surface area contributed by atoms with Crippen LogP contribution in [-0.4, -0.2) is 53.9 Å². The molecule has 1 heterocycles. The lowest BCUT2D eigenvalue weighted by Crippen LogP contribution is -2.37. The van der Waals surface area contributed by atoms with Crippen molar-refractivity contribution in [3.63, 3.8) is 0 Å². The lowest BCUT2D eigenvalue weighted by molar-refractivity contribution is -0.135. The van der Waals surface area contributed by atoms with Crippen LogP contribution < -0.4 is 20.3 Å². The van der Waals surface area contributed by atoms with E-state index in [1.165, 1.54) is 36.2 Å². The Bertz CT molecular complexity index is 1760. The van der Waals surface area contributed by atoms with Crippen molar-refractivity contribution >= 4 is 69.6 Å². The number of nitrogens with one attached hydrogen (secondary N) is 2. The molecule has 10 nitrogen and oxygen atoms in total. The van der Waals surface area contributed by atoms with E-state index in [0.717, 1.165) is 11.1 Å². The van der Waals surface area contributed by atoms with E-state index in [1.54, 1.807) is 24.3 Å². The number of aliphatic carboxylic acids is 1. The number of ether oxygens (including phenoxy) is 1. The molecule has 0 unspecified atom stereocenters. The largest absolute Gasteiger partial charge is 0.487 e. The number of nitrogens with zero attached hydrogens (tertiary/aromatic N) is 2. The molecule has 0 aliphatic heterocycles. The molecular formula is C32H28Cl2N4O6. The summed E-state index contributed by atoms with van der Waals surface area (Å²) in [6.45, 7) is 1.15. The number of carbonyl (C=O) groups is 4. The number of halogens is 2. The summed E-state index contributed by atoms with van der Waals surface area (Å²) in [5, 5.41) is 15.0. The van der Waals surface area contributed by atoms with Crippen LogP contribution in [0.1, 0.15) is 27.2 Å². The first-order valence-corrected chi connectivity index (χ1v) is 14.1. The second kappa shape index (κ2) is 14.5. The second-order valence-corrected chi connectivity index (χ2v) is 10.4. The van der Waals surface area contributed by atoms with E-state index in [4.69, 9.17) is 33.0 Å². The number of rotatable bonds is 11. The van der Waals surface area contributed by atoms with Crippen molar-refractivity contribution in [1.82, 2.24) is 15.6 Å². The van der Waals surface area contributed by atoms with Gasteiger partial charge >= 0.3 is 5.97 Å². The molecule has 3 aromatic carbocycles. The highest BCUT2D eigenvalue weighted by atomic mass is 35.5. The van der Waals surface area contributed by atoms with Crippen LogP contribution in [0.25, 0.3) is 17.0 Å². The van der Waals surface area contributed by atoms with Crippen LogP contribution in [0.3, 0.4) is 0 Å². The van der Waals surface area contributed by atoms with Gasteiger partial charge in [0.1, 0.15) is 24.4 Å². The van der Waals surface area contributed by atoms with Crippen LogP contribution in [0.4, 0.5) is 5.69 Å². The number of carboxylic acids is 1. The fourth-order valence-electron chi connectivity index (χ4n) is 4.11. The highest BCUT2D eigenvalue weighted by Gasteiger charge is 2.19. The van der Waals surface area contributed by atoms with E-state index in [9.17, 15) is 19.2 Å². The molecule has 226 valence electrons. The number of aryl methyl sites for hydroxylation is 1. The minimum absolute atomic E-state index is 0.0395. The molecule has 0 saturated heterocycles. The first-order chi connectivity index (χ1) is 21.0. The lowest BCUT2D eigenvalue weighted by Gasteiger charge is -2.21. The number of anilines is 1. The molecule has 0 saturated carbocycles. The number of benzene rings is 3. The molecule has 0 bridgehead atoms. The van der Waals surface area contributed by atoms with Gasteiger partial charge in [-0.3, -0.25) is 19.2 Å². The van der Waals surface area contributed by atoms with Crippen LogP contribution in [0.2, 0.25) is 10.0 Å². The van der Waals surface area contributed by atoms with Gasteiger partial charge in [0, 0.05) is 40.4 Å². The number of fused-ring (bicyclic) bond motifs is 1. The van der Waals surface area contributed by atoms with Crippen LogP contribution in [0, 0.1) is 6.92 Å². The van der Waals surface area contributed by atoms with Gasteiger partial charge in [0.25, 0.3) is 5.91 Å². The van der Waals surface area contributed by atoms with E-state index in [1.807, 2.05) is 37.3 Å². The number of carboxylic acid groups (broad SMARTS) is 1. The molecule has 4 aromatic rings. The topological polar surface area (TPSA) is 138 Å². The van der Waals surface area contributed by atoms with Gasteiger partial charge in [0.15, 0.2) is 0 Å². The lowest BCUT2D eigenvalue weighted by atomic mass is 10.1. The number of hydrogen-bond acceptors (Lipinski definition) is 6. The van der Waals surface area contributed by atoms with E-state index in [2.05, 4.69) is 15.6 Å². The Balaban J connectivity index is 1.35. The van der Waals surface area contributed by atoms with Crippen LogP contribution in [0.5, 0.6) is 5.75 Å². The Kier molecular flexibility index (Phi) is 10.5. The average molecular weight is 636 g/mol. The summed E-state index contributed by atoms with van der Waals surface area (Å²) in [4.78, 5) is 53.7. The molecule has 4 rings (SSSR count). The van der Waals surface area contributed by atoms with Crippen molar-refractivity contribution in [2.24, 2.45) is 0 Å². The number of pyridine rings is 1. The fraction of sp³-hybridized carbons (Fsp3) is 0.156. The third-order valence-electron chi connectivity index (χ3n) is 6.51. The molecule has 3 amide bonds. The molecule has 0 fully saturated rings. The zero-order chi connectivity index (χ0) is 31.8. The molecule has 0 spiro atoms. The van der Waals surface area contributed by atoms with Crippen LogP contribution in [-0.2, 0) is 21.0 Å². The monoisotopic (exact) mass is 634 g/mol. The van der Waals surface area contributed by atoms with Crippen LogP contribution in [0.15, 0.2) is 72.8 Å². The van der Waals surface area contributed by atoms with Crippen LogP contribution >= 0.6 is 23.2 Å². The minimum Gasteiger partial charge on any atom is -0.487 e. The zero-order valence-electron chi connectivity index (χ0n) is 23.8. The number of para-hydroxylation sites is 1. The van der Waals surface area contributed by atoms with E-state index in [-0.39, 0.29) is 23.7 Å². The maximum Gasteiger partial charge on any atom is 0.322 e. The third-order valence-corrected chi connectivity index (χ3v) is 7.29. The SMILES string of the molecule is Cc1ccc2cccc(OCc3c(Cl)ccc(N(C)C(=O)CNC(=O)/C=C/c4ccc(C(=O)NCC(=O)O)cc4)c3Cl)c2n1. The fourth-order valence-corrected chi connectivity index (χ4v) is 4.72. The summed E-state index contributed by atoms with van der Waals surface area (Å²) >= 11 is 13.1. The number of likely N-dealkylation sites (N-methyl/N-ethyl adjacent to an activating group) is 1. The smallest absolute Gasteiger partial charge is 0.322 e. The van der Waals surface area contributed by atoms with Gasteiger partial charge in [-0.2, -0.15) is 0 Å². The Morgan fingerprint density at radius 3 is 2.43 bits per heavy atom. The molecule has 1 aromatic heterocycles. The average Bonchev–Trinajstić information content (AvgIpc) is 3.01. The number of amides is 3. The van der Waals surface area contributed by atoms with Gasteiger partial charge in [-0.25, -0.2) is 4.98 Å². The Morgan fingerprint density at radius 1 is 0.955 bits per heavy atom. The quantitative estimate of drug-likeness (QED) is 0.197. The Morgan fingerprint density at radius 2 is 1.70 bits per heavy atom. The minimum atomic E-state index is -1.15. The summed E-state index contributed by atoms with van der Waals surface area (Å²) in [6.07, 6.45) is 2.76. The second-order valence-electron chi connectivity index (χ2n) is 9.63. The normalized spacial score (nSPS) is 10.9. The van der Waals surface area contributed by atoms with Gasteiger partial charge in [-0.1, -0.05) is 53.5 Å². The van der Waals surface area contributed by atoms with E-state index < -0.39 is 30.2 Å². The maximum atomic E-state index is 12.9. The van der Waals surface area contributed by atoms with E-state index >= 15 is 0 Å². The summed E-state index contributed by atoms with van der Waals surface area (Å²) < 4.78 is 6.06. The first-order valence-electron chi connectivity index (χ1n) is 13.3. The van der Waals surface area contributed by atoms with Gasteiger partial charge in [-0.15, -0.1) is 0 Å². The standard InChI is InChI=1S/C32H28Cl2N4O6/c1-19-6-10-21-4-3-5-26(31(21)37-19)44-18-23-24(33)13-14-25(30(23)34)38(2)28(40)16-35-27(39)15-9-20-7-11-22(12-8-20)32(43)36-17-29(41)42/h3-15H,16-18H2,1-2H3,(H,35,39)(H,36,43)(H,41,42)/b15-9+. The van der Waals surface area contributed by atoms with Crippen molar-refractivity contribution in [3.8, 4) is 5.75 Å². The summed E-state index contributed by atoms with van der Waals surface area (Å²) in [7, 11) is 1.54. The van der Waals surface area contributed by atoms with Gasteiger partial charge in [0.2, 0.25) is 11.8 Å². The molecular weight excluding hydrogens is 607 g/mol. The number of carbonyl (C=O) groups excluding carboxylic acids is 3. The zero-order valence-corrected chi connectivity index (χ0v) is 25.3. The summed E-state index contributed by atoms with van der Waals surface area (Å²) in [5.41, 5.74) is 3.35. The van der Waals surface area contributed by atoms with Crippen molar-refractivity contribution < 1.29 is 29.0 Å². The van der Waals surface area contributed by atoms with Crippen molar-refractivity contribution in [2.75, 3.05) is 25.0 Å². The highest BCUT2D eigenvalue weighted by Crippen LogP contribution is 2.35. The first kappa shape index (κ1) is 32.0. The molecule has 44 heavy (non-hydrogen) atoms. The highest BCUT2D eigenvalue weighted by molar-refractivity contribution is 6.38. The van der Waals surface area contributed by atoms with Gasteiger partial charge in [0.05, 0.1) is 17.3 Å². The molecule has 0 aliphatic carbocycles. The predicted molar refractivity (Wildman–Crippen MR) is 169 cm³/mol. The maximum absolute atomic E-state index is 12.9. The third kappa shape index (κ3) is 8.12. The summed E-state index contributed by atoms with van der Waals surface area (Å²) in [6, 6.07) is 18.9. The van der Waals surface area contributed by atoms with Crippen molar-refractivity contribution in [2.45, 2.75) is 13.5 Å². The Labute approximate surface area is 263 Å². The number of aromatic nitrogens is 1. The molecule has 0 aliphatic rings. The molecule has 3 N–H and O–H groups in total. The molecule has 0 atom stereocenters. The number of hydrogen-bond donors (Lipinski definition) is 3. The summed E-state index contributed by atoms with van der Waals surface area (Å²) in [5.74, 6) is -2.04. The van der Waals surface area contributed by atoms with Gasteiger partial charge in [-0.05, 0) is 55.0 Å². The Hall–Kier alpha value is -4.93. The van der Waals surface area contributed by atoms with E-state index in [0.29, 0.717) is 33.1 Å². The van der Waals surface area contributed by atoms with Crippen molar-refractivity contribution in [1.29, 1.82) is 0 Å². The van der Waals surface area contributed by atoms with Crippen molar-refractivity contribution in [3.05, 3.63) is 105 Å². The predicted octanol–water partition coefficient (Wildman–Crippen LogP) is 5.04. The molecule has 0 radical (unpaired) electrons.